The zero-order valence-electron chi connectivity index (χ0n) is 9.63. The fourth-order valence-corrected chi connectivity index (χ4v) is 6.22. The Morgan fingerprint density at radius 2 is 1.89 bits per heavy atom. The minimum absolute atomic E-state index is 0.268. The minimum Gasteiger partial charge on any atom is -0.465 e. The fourth-order valence-electron chi connectivity index (χ4n) is 1.86. The Morgan fingerprint density at radius 1 is 1.28 bits per heavy atom. The van der Waals surface area contributed by atoms with Crippen molar-refractivity contribution in [3.05, 3.63) is 30.3 Å². The number of benzene rings is 1. The van der Waals surface area contributed by atoms with Crippen LogP contribution in [0.1, 0.15) is 13.3 Å². The molecule has 1 aliphatic heterocycles. The summed E-state index contributed by atoms with van der Waals surface area (Å²) in [4.78, 5) is 0. The predicted molar refractivity (Wildman–Crippen MR) is 86.9 cm³/mol. The molecule has 2 rings (SSSR count). The molecule has 0 bridgehead atoms. The highest BCUT2D eigenvalue weighted by Gasteiger charge is 2.68. The van der Waals surface area contributed by atoms with Crippen LogP contribution in [0.3, 0.4) is 0 Å². The first-order valence-electron chi connectivity index (χ1n) is 5.48. The molecule has 0 amide bonds. The van der Waals surface area contributed by atoms with Crippen LogP contribution in [0.25, 0.3) is 0 Å². The highest BCUT2D eigenvalue weighted by atomic mass is 79.9. The van der Waals surface area contributed by atoms with Gasteiger partial charge in [-0.05, 0) is 82.3 Å². The molecule has 0 radical (unpaired) electrons. The molecule has 1 saturated heterocycles. The Morgan fingerprint density at radius 3 is 2.28 bits per heavy atom. The van der Waals surface area contributed by atoms with E-state index in [4.69, 9.17) is 9.47 Å². The molecule has 1 atom stereocenters. The van der Waals surface area contributed by atoms with E-state index >= 15 is 0 Å². The molecule has 2 nitrogen and oxygen atoms in total. The average Bonchev–Trinajstić information content (AvgIpc) is 2.29. The van der Waals surface area contributed by atoms with Gasteiger partial charge >= 0.3 is 0 Å². The standard InChI is InChI=1S/C12H12Br4O2/c1-2-10(8-17-11(10,13)14)12(15,16)18-9-6-4-3-5-7-9/h3-7H,2,8H2,1H3. The van der Waals surface area contributed by atoms with Gasteiger partial charge in [-0.25, -0.2) is 0 Å². The smallest absolute Gasteiger partial charge is 0.230 e. The lowest BCUT2D eigenvalue weighted by molar-refractivity contribution is -0.182. The molecule has 1 aliphatic rings. The van der Waals surface area contributed by atoms with E-state index in [1.165, 1.54) is 0 Å². The summed E-state index contributed by atoms with van der Waals surface area (Å²) in [5.41, 5.74) is -0.268. The maximum absolute atomic E-state index is 6.03. The van der Waals surface area contributed by atoms with Crippen molar-refractivity contribution in [1.29, 1.82) is 0 Å². The normalized spacial score (nSPS) is 26.5. The number of hydrogen-bond acceptors (Lipinski definition) is 2. The van der Waals surface area contributed by atoms with Crippen molar-refractivity contribution < 1.29 is 9.47 Å². The van der Waals surface area contributed by atoms with Crippen LogP contribution in [0, 0.1) is 5.41 Å². The summed E-state index contributed by atoms with van der Waals surface area (Å²) in [6.45, 7) is 2.69. The van der Waals surface area contributed by atoms with Crippen LogP contribution < -0.4 is 4.74 Å². The summed E-state index contributed by atoms with van der Waals surface area (Å²) in [5, 5.41) is 0. The van der Waals surface area contributed by atoms with Gasteiger partial charge < -0.3 is 9.47 Å². The molecule has 1 aromatic carbocycles. The molecule has 1 unspecified atom stereocenters. The maximum atomic E-state index is 6.03. The van der Waals surface area contributed by atoms with Crippen LogP contribution in [-0.4, -0.2) is 13.4 Å². The third-order valence-corrected chi connectivity index (χ3v) is 7.02. The van der Waals surface area contributed by atoms with Crippen LogP contribution in [0.5, 0.6) is 5.75 Å². The summed E-state index contributed by atoms with van der Waals surface area (Å²) in [6.07, 6.45) is 0.868. The molecule has 0 aliphatic carbocycles. The zero-order valence-corrected chi connectivity index (χ0v) is 16.0. The molecule has 1 aromatic rings. The van der Waals surface area contributed by atoms with E-state index < -0.39 is 6.84 Å². The van der Waals surface area contributed by atoms with Crippen LogP contribution in [0.4, 0.5) is 0 Å². The topological polar surface area (TPSA) is 18.5 Å². The molecule has 0 saturated carbocycles. The summed E-state index contributed by atoms with van der Waals surface area (Å²) >= 11 is 14.4. The van der Waals surface area contributed by atoms with E-state index in [2.05, 4.69) is 70.6 Å². The largest absolute Gasteiger partial charge is 0.465 e. The molecular formula is C12H12Br4O2. The minimum atomic E-state index is -0.714. The summed E-state index contributed by atoms with van der Waals surface area (Å²) in [7, 11) is 0. The number of hydrogen-bond donors (Lipinski definition) is 0. The lowest BCUT2D eigenvalue weighted by atomic mass is 9.83. The number of rotatable bonds is 4. The van der Waals surface area contributed by atoms with Gasteiger partial charge in [0.1, 0.15) is 11.2 Å². The highest BCUT2D eigenvalue weighted by Crippen LogP contribution is 2.65. The van der Waals surface area contributed by atoms with Crippen LogP contribution in [-0.2, 0) is 4.74 Å². The molecule has 1 fully saturated rings. The van der Waals surface area contributed by atoms with Crippen LogP contribution in [0.2, 0.25) is 0 Å². The Bertz CT molecular complexity index is 417. The Kier molecular flexibility index (Phi) is 4.55. The Balaban J connectivity index is 2.25. The van der Waals surface area contributed by atoms with E-state index in [9.17, 15) is 0 Å². The third-order valence-electron chi connectivity index (χ3n) is 3.21. The Hall–Kier alpha value is 0.900. The van der Waals surface area contributed by atoms with Gasteiger partial charge in [0, 0.05) is 0 Å². The van der Waals surface area contributed by atoms with Gasteiger partial charge in [-0.3, -0.25) is 0 Å². The SMILES string of the molecule is CCC1(C(Br)(Br)Oc2ccccc2)COC1(Br)Br. The monoisotopic (exact) mass is 504 g/mol. The van der Waals surface area contributed by atoms with Gasteiger partial charge in [-0.15, -0.1) is 0 Å². The lowest BCUT2D eigenvalue weighted by Gasteiger charge is -2.57. The van der Waals surface area contributed by atoms with E-state index in [-0.39, 0.29) is 5.41 Å². The van der Waals surface area contributed by atoms with Gasteiger partial charge in [0.2, 0.25) is 3.42 Å². The first-order valence-corrected chi connectivity index (χ1v) is 8.65. The lowest BCUT2D eigenvalue weighted by Crippen LogP contribution is -2.65. The average molecular weight is 508 g/mol. The van der Waals surface area contributed by atoms with E-state index in [1.807, 2.05) is 30.3 Å². The second-order valence-corrected chi connectivity index (χ2v) is 10.8. The number of para-hydroxylation sites is 1. The summed E-state index contributed by atoms with van der Waals surface area (Å²) < 4.78 is 10.3. The van der Waals surface area contributed by atoms with Crippen molar-refractivity contribution in [2.45, 2.75) is 20.2 Å². The second kappa shape index (κ2) is 5.35. The molecule has 18 heavy (non-hydrogen) atoms. The fraction of sp³-hybridized carbons (Fsp3) is 0.500. The molecule has 100 valence electrons. The molecule has 1 heterocycles. The van der Waals surface area contributed by atoms with E-state index in [0.717, 1.165) is 12.2 Å². The summed E-state index contributed by atoms with van der Waals surface area (Å²) in [6, 6.07) is 9.68. The van der Waals surface area contributed by atoms with Gasteiger partial charge in [-0.2, -0.15) is 0 Å². The predicted octanol–water partition coefficient (Wildman–Crippen LogP) is 5.38. The van der Waals surface area contributed by atoms with Crippen molar-refractivity contribution in [2.75, 3.05) is 6.61 Å². The van der Waals surface area contributed by atoms with Crippen molar-refractivity contribution in [2.24, 2.45) is 5.41 Å². The number of ether oxygens (including phenoxy) is 2. The van der Waals surface area contributed by atoms with Crippen molar-refractivity contribution in [3.8, 4) is 5.75 Å². The summed E-state index contributed by atoms with van der Waals surface area (Å²) in [5.74, 6) is 0.793. The highest BCUT2D eigenvalue weighted by molar-refractivity contribution is 9.26. The molecule has 0 spiro atoms. The first kappa shape index (κ1) is 15.3. The second-order valence-electron chi connectivity index (χ2n) is 4.17. The van der Waals surface area contributed by atoms with Crippen LogP contribution in [0.15, 0.2) is 30.3 Å². The molecular weight excluding hydrogens is 496 g/mol. The molecule has 6 heteroatoms. The van der Waals surface area contributed by atoms with Gasteiger partial charge in [-0.1, -0.05) is 25.1 Å². The van der Waals surface area contributed by atoms with Gasteiger partial charge in [0.15, 0.2) is 3.42 Å². The quantitative estimate of drug-likeness (QED) is 0.510. The molecule has 0 aromatic heterocycles. The number of halogens is 4. The Labute approximate surface area is 140 Å². The van der Waals surface area contributed by atoms with Gasteiger partial charge in [0.25, 0.3) is 0 Å². The van der Waals surface area contributed by atoms with Gasteiger partial charge in [0.05, 0.1) is 6.61 Å². The molecule has 0 N–H and O–H groups in total. The van der Waals surface area contributed by atoms with E-state index in [0.29, 0.717) is 6.61 Å². The van der Waals surface area contributed by atoms with E-state index in [1.54, 1.807) is 0 Å². The van der Waals surface area contributed by atoms with Crippen molar-refractivity contribution in [3.63, 3.8) is 0 Å². The van der Waals surface area contributed by atoms with Crippen LogP contribution >= 0.6 is 63.7 Å². The number of alkyl halides is 4. The third kappa shape index (κ3) is 2.43. The van der Waals surface area contributed by atoms with Crippen molar-refractivity contribution in [1.82, 2.24) is 0 Å². The van der Waals surface area contributed by atoms with Crippen molar-refractivity contribution >= 4 is 63.7 Å². The first-order chi connectivity index (χ1) is 8.35. The zero-order chi connectivity index (χ0) is 13.4. The maximum Gasteiger partial charge on any atom is 0.230 e.